The second-order valence-electron chi connectivity index (χ2n) is 5.52. The number of rotatable bonds is 5. The number of benzene rings is 1. The molecule has 5 heteroatoms. The van der Waals surface area contributed by atoms with E-state index in [9.17, 15) is 9.18 Å². The molecule has 1 heterocycles. The first-order chi connectivity index (χ1) is 10.1. The molecule has 3 nitrogen and oxygen atoms in total. The summed E-state index contributed by atoms with van der Waals surface area (Å²) in [5, 5.41) is 5.62. The number of carbonyl (C=O) groups excluding carboxylic acids is 1. The van der Waals surface area contributed by atoms with Gasteiger partial charge in [0.25, 0.3) is 0 Å². The van der Waals surface area contributed by atoms with Crippen molar-refractivity contribution in [3.63, 3.8) is 0 Å². The molecule has 0 radical (unpaired) electrons. The summed E-state index contributed by atoms with van der Waals surface area (Å²) in [6.45, 7) is 2.05. The summed E-state index contributed by atoms with van der Waals surface area (Å²) in [4.78, 5) is 16.4. The molecule has 1 fully saturated rings. The van der Waals surface area contributed by atoms with E-state index in [1.807, 2.05) is 11.4 Å². The Morgan fingerprint density at radius 2 is 2.33 bits per heavy atom. The number of hydrogen-bond donors (Lipinski definition) is 1. The largest absolute Gasteiger partial charge is 0.353 e. The molecule has 1 aliphatic rings. The van der Waals surface area contributed by atoms with Crippen LogP contribution in [0.15, 0.2) is 29.6 Å². The zero-order chi connectivity index (χ0) is 14.8. The highest BCUT2D eigenvalue weighted by Crippen LogP contribution is 2.32. The van der Waals surface area contributed by atoms with Crippen LogP contribution in [0, 0.1) is 11.7 Å². The van der Waals surface area contributed by atoms with Crippen molar-refractivity contribution in [1.82, 2.24) is 10.3 Å². The van der Waals surface area contributed by atoms with Gasteiger partial charge in [0, 0.05) is 17.0 Å². The predicted octanol–water partition coefficient (Wildman–Crippen LogP) is 3.41. The fraction of sp³-hybridized carbons (Fsp3) is 0.375. The van der Waals surface area contributed by atoms with Crippen molar-refractivity contribution >= 4 is 17.2 Å². The number of amides is 1. The molecular weight excluding hydrogens is 287 g/mol. The van der Waals surface area contributed by atoms with Crippen molar-refractivity contribution < 1.29 is 9.18 Å². The third kappa shape index (κ3) is 3.67. The smallest absolute Gasteiger partial charge is 0.226 e. The molecule has 0 bridgehead atoms. The number of nitrogens with zero attached hydrogens (tertiary/aromatic N) is 1. The normalized spacial score (nSPS) is 15.7. The average molecular weight is 304 g/mol. The van der Waals surface area contributed by atoms with Crippen molar-refractivity contribution in [3.05, 3.63) is 41.2 Å². The number of nitrogens with one attached hydrogen (secondary N) is 1. The lowest BCUT2D eigenvalue weighted by Crippen LogP contribution is -2.35. The molecule has 1 aromatic carbocycles. The first-order valence-corrected chi connectivity index (χ1v) is 7.99. The van der Waals surface area contributed by atoms with Gasteiger partial charge in [-0.2, -0.15) is 0 Å². The van der Waals surface area contributed by atoms with Gasteiger partial charge in [0.2, 0.25) is 5.91 Å². The van der Waals surface area contributed by atoms with Gasteiger partial charge < -0.3 is 5.32 Å². The maximum Gasteiger partial charge on any atom is 0.226 e. The Morgan fingerprint density at radius 3 is 3.05 bits per heavy atom. The highest BCUT2D eigenvalue weighted by atomic mass is 32.1. The molecule has 0 aliphatic heterocycles. The molecule has 1 atom stereocenters. The van der Waals surface area contributed by atoms with Crippen LogP contribution in [0.2, 0.25) is 0 Å². The van der Waals surface area contributed by atoms with Crippen molar-refractivity contribution in [2.45, 2.75) is 32.2 Å². The molecule has 1 amide bonds. The molecule has 0 spiro atoms. The topological polar surface area (TPSA) is 42.0 Å². The Labute approximate surface area is 127 Å². The molecule has 3 rings (SSSR count). The molecule has 1 saturated carbocycles. The summed E-state index contributed by atoms with van der Waals surface area (Å²) >= 11 is 1.43. The Morgan fingerprint density at radius 1 is 1.52 bits per heavy atom. The van der Waals surface area contributed by atoms with E-state index in [4.69, 9.17) is 0 Å². The maximum absolute atomic E-state index is 13.2. The SMILES string of the molecule is C[C@H](NC(=O)Cc1csc(-c2cccc(F)c2)n1)C1CC1. The lowest BCUT2D eigenvalue weighted by molar-refractivity contribution is -0.121. The highest BCUT2D eigenvalue weighted by Gasteiger charge is 2.28. The predicted molar refractivity (Wildman–Crippen MR) is 81.5 cm³/mol. The summed E-state index contributed by atoms with van der Waals surface area (Å²) in [5.74, 6) is 0.373. The van der Waals surface area contributed by atoms with E-state index in [2.05, 4.69) is 17.2 Å². The molecule has 2 aromatic rings. The summed E-state index contributed by atoms with van der Waals surface area (Å²) < 4.78 is 13.2. The number of aromatic nitrogens is 1. The zero-order valence-electron chi connectivity index (χ0n) is 11.8. The van der Waals surface area contributed by atoms with Gasteiger partial charge in [-0.15, -0.1) is 11.3 Å². The van der Waals surface area contributed by atoms with Crippen molar-refractivity contribution in [2.24, 2.45) is 5.92 Å². The molecule has 0 saturated heterocycles. The lowest BCUT2D eigenvalue weighted by Gasteiger charge is -2.11. The van der Waals surface area contributed by atoms with Gasteiger partial charge in [0.15, 0.2) is 0 Å². The number of carbonyl (C=O) groups is 1. The summed E-state index contributed by atoms with van der Waals surface area (Å²) in [7, 11) is 0. The summed E-state index contributed by atoms with van der Waals surface area (Å²) in [6, 6.07) is 6.60. The van der Waals surface area contributed by atoms with Gasteiger partial charge in [0.1, 0.15) is 10.8 Å². The molecule has 1 N–H and O–H groups in total. The van der Waals surface area contributed by atoms with Gasteiger partial charge in [0.05, 0.1) is 12.1 Å². The van der Waals surface area contributed by atoms with Crippen LogP contribution in [0.25, 0.3) is 10.6 Å². The Kier molecular flexibility index (Phi) is 4.01. The summed E-state index contributed by atoms with van der Waals surface area (Å²) in [6.07, 6.45) is 2.70. The van der Waals surface area contributed by atoms with Crippen LogP contribution in [0.4, 0.5) is 4.39 Å². The molecule has 0 unspecified atom stereocenters. The van der Waals surface area contributed by atoms with Crippen LogP contribution in [-0.2, 0) is 11.2 Å². The quantitative estimate of drug-likeness (QED) is 0.920. The van der Waals surface area contributed by atoms with E-state index in [1.165, 1.54) is 36.3 Å². The van der Waals surface area contributed by atoms with Gasteiger partial charge in [-0.3, -0.25) is 4.79 Å². The third-order valence-corrected chi connectivity index (χ3v) is 4.62. The fourth-order valence-corrected chi connectivity index (χ4v) is 3.14. The monoisotopic (exact) mass is 304 g/mol. The number of hydrogen-bond acceptors (Lipinski definition) is 3. The average Bonchev–Trinajstić information content (AvgIpc) is 3.19. The third-order valence-electron chi connectivity index (χ3n) is 3.68. The van der Waals surface area contributed by atoms with E-state index >= 15 is 0 Å². The Hall–Kier alpha value is -1.75. The van der Waals surface area contributed by atoms with E-state index in [-0.39, 0.29) is 24.2 Å². The minimum absolute atomic E-state index is 0.00509. The van der Waals surface area contributed by atoms with E-state index in [1.54, 1.807) is 6.07 Å². The minimum atomic E-state index is -0.278. The van der Waals surface area contributed by atoms with Crippen LogP contribution >= 0.6 is 11.3 Å². The molecule has 21 heavy (non-hydrogen) atoms. The molecule has 1 aliphatic carbocycles. The maximum atomic E-state index is 13.2. The van der Waals surface area contributed by atoms with E-state index in [0.717, 1.165) is 16.3 Å². The van der Waals surface area contributed by atoms with Crippen molar-refractivity contribution in [2.75, 3.05) is 0 Å². The number of thiazole rings is 1. The van der Waals surface area contributed by atoms with Gasteiger partial charge in [-0.25, -0.2) is 9.37 Å². The highest BCUT2D eigenvalue weighted by molar-refractivity contribution is 7.13. The van der Waals surface area contributed by atoms with E-state index in [0.29, 0.717) is 5.92 Å². The second-order valence-corrected chi connectivity index (χ2v) is 6.38. The molecular formula is C16H17FN2OS. The van der Waals surface area contributed by atoms with Gasteiger partial charge >= 0.3 is 0 Å². The van der Waals surface area contributed by atoms with Crippen molar-refractivity contribution in [1.29, 1.82) is 0 Å². The zero-order valence-corrected chi connectivity index (χ0v) is 12.6. The van der Waals surface area contributed by atoms with Crippen LogP contribution in [0.5, 0.6) is 0 Å². The first kappa shape index (κ1) is 14.2. The van der Waals surface area contributed by atoms with Gasteiger partial charge in [-0.1, -0.05) is 12.1 Å². The first-order valence-electron chi connectivity index (χ1n) is 7.11. The Balaban J connectivity index is 1.63. The minimum Gasteiger partial charge on any atom is -0.353 e. The Bertz CT molecular complexity index is 651. The second kappa shape index (κ2) is 5.93. The molecule has 110 valence electrons. The van der Waals surface area contributed by atoms with Crippen LogP contribution in [0.3, 0.4) is 0 Å². The van der Waals surface area contributed by atoms with Crippen LogP contribution in [-0.4, -0.2) is 16.9 Å². The molecule has 1 aromatic heterocycles. The van der Waals surface area contributed by atoms with Crippen molar-refractivity contribution in [3.8, 4) is 10.6 Å². The number of halogens is 1. The van der Waals surface area contributed by atoms with E-state index < -0.39 is 0 Å². The summed E-state index contributed by atoms with van der Waals surface area (Å²) in [5.41, 5.74) is 1.48. The van der Waals surface area contributed by atoms with Gasteiger partial charge in [-0.05, 0) is 37.8 Å². The van der Waals surface area contributed by atoms with Crippen LogP contribution < -0.4 is 5.32 Å². The lowest BCUT2D eigenvalue weighted by atomic mass is 10.2. The van der Waals surface area contributed by atoms with Crippen LogP contribution in [0.1, 0.15) is 25.5 Å². The standard InChI is InChI=1S/C16H17FN2OS/c1-10(11-5-6-11)18-15(20)8-14-9-21-16(19-14)12-3-2-4-13(17)7-12/h2-4,7,9-11H,5-6,8H2,1H3,(H,18,20)/t10-/m0/s1. The fourth-order valence-electron chi connectivity index (χ4n) is 2.33.